The number of urea groups is 1. The standard InChI is InChI=1S/C14H14BrN5O/c1-10(5-6-16)18-14(21)19-12-9-11(15)3-4-13(12)20-8-2-7-17-20/h2-4,7-10H,5H2,1H3,(H2,18,19,21)/t10-/m0/s1. The van der Waals surface area contributed by atoms with Crippen molar-refractivity contribution in [2.75, 3.05) is 5.32 Å². The average Bonchev–Trinajstić information content (AvgIpc) is 2.92. The molecule has 1 heterocycles. The van der Waals surface area contributed by atoms with Crippen LogP contribution in [0.4, 0.5) is 10.5 Å². The van der Waals surface area contributed by atoms with Crippen LogP contribution in [0.5, 0.6) is 0 Å². The van der Waals surface area contributed by atoms with Gasteiger partial charge in [0.15, 0.2) is 0 Å². The summed E-state index contributed by atoms with van der Waals surface area (Å²) in [6, 6.07) is 8.78. The van der Waals surface area contributed by atoms with E-state index in [1.807, 2.05) is 18.2 Å². The molecule has 0 aliphatic heterocycles. The van der Waals surface area contributed by atoms with E-state index in [1.165, 1.54) is 0 Å². The van der Waals surface area contributed by atoms with Crippen LogP contribution in [-0.2, 0) is 0 Å². The summed E-state index contributed by atoms with van der Waals surface area (Å²) in [6.45, 7) is 1.78. The third-order valence-electron chi connectivity index (χ3n) is 2.73. The minimum absolute atomic E-state index is 0.213. The highest BCUT2D eigenvalue weighted by atomic mass is 79.9. The van der Waals surface area contributed by atoms with Gasteiger partial charge in [0.1, 0.15) is 0 Å². The molecule has 2 rings (SSSR count). The van der Waals surface area contributed by atoms with E-state index in [-0.39, 0.29) is 18.5 Å². The molecule has 0 saturated carbocycles. The lowest BCUT2D eigenvalue weighted by molar-refractivity contribution is 0.249. The van der Waals surface area contributed by atoms with Crippen LogP contribution in [-0.4, -0.2) is 21.9 Å². The Labute approximate surface area is 130 Å². The lowest BCUT2D eigenvalue weighted by Gasteiger charge is -2.14. The number of halogens is 1. The van der Waals surface area contributed by atoms with Crippen molar-refractivity contribution in [3.8, 4) is 11.8 Å². The predicted octanol–water partition coefficient (Wildman–Crippen LogP) is 3.06. The van der Waals surface area contributed by atoms with Gasteiger partial charge in [-0.1, -0.05) is 15.9 Å². The molecule has 2 amide bonds. The molecule has 0 saturated heterocycles. The smallest absolute Gasteiger partial charge is 0.319 e. The average molecular weight is 348 g/mol. The van der Waals surface area contributed by atoms with Crippen LogP contribution in [0.15, 0.2) is 41.1 Å². The minimum Gasteiger partial charge on any atom is -0.334 e. The summed E-state index contributed by atoms with van der Waals surface area (Å²) in [5, 5.41) is 18.2. The monoisotopic (exact) mass is 347 g/mol. The van der Waals surface area contributed by atoms with Crippen LogP contribution in [0.1, 0.15) is 13.3 Å². The Hall–Kier alpha value is -2.33. The van der Waals surface area contributed by atoms with E-state index in [9.17, 15) is 4.79 Å². The van der Waals surface area contributed by atoms with Crippen LogP contribution in [0.25, 0.3) is 5.69 Å². The number of hydrogen-bond donors (Lipinski definition) is 2. The Kier molecular flexibility index (Phi) is 4.95. The molecule has 7 heteroatoms. The first-order chi connectivity index (χ1) is 10.1. The molecule has 1 aromatic heterocycles. The fourth-order valence-corrected chi connectivity index (χ4v) is 2.15. The van der Waals surface area contributed by atoms with Crippen molar-refractivity contribution in [3.05, 3.63) is 41.1 Å². The van der Waals surface area contributed by atoms with Crippen molar-refractivity contribution >= 4 is 27.6 Å². The van der Waals surface area contributed by atoms with E-state index < -0.39 is 0 Å². The van der Waals surface area contributed by atoms with Gasteiger partial charge in [-0.2, -0.15) is 10.4 Å². The molecule has 0 unspecified atom stereocenters. The van der Waals surface area contributed by atoms with E-state index in [0.717, 1.165) is 10.2 Å². The SMILES string of the molecule is C[C@@H](CC#N)NC(=O)Nc1cc(Br)ccc1-n1cccn1. The molecule has 108 valence electrons. The number of nitrogens with zero attached hydrogens (tertiary/aromatic N) is 3. The minimum atomic E-state index is -0.357. The highest BCUT2D eigenvalue weighted by Crippen LogP contribution is 2.24. The maximum atomic E-state index is 12.0. The summed E-state index contributed by atoms with van der Waals surface area (Å²) >= 11 is 3.38. The van der Waals surface area contributed by atoms with Gasteiger partial charge in [-0.15, -0.1) is 0 Å². The molecule has 0 radical (unpaired) electrons. The van der Waals surface area contributed by atoms with Crippen LogP contribution in [0, 0.1) is 11.3 Å². The fourth-order valence-electron chi connectivity index (χ4n) is 1.79. The Bertz CT molecular complexity index is 662. The maximum Gasteiger partial charge on any atom is 0.319 e. The van der Waals surface area contributed by atoms with Crippen molar-refractivity contribution in [1.82, 2.24) is 15.1 Å². The first-order valence-corrected chi connectivity index (χ1v) is 7.13. The zero-order chi connectivity index (χ0) is 15.2. The van der Waals surface area contributed by atoms with Crippen LogP contribution < -0.4 is 10.6 Å². The summed E-state index contributed by atoms with van der Waals surface area (Å²) < 4.78 is 2.51. The number of hydrogen-bond acceptors (Lipinski definition) is 3. The van der Waals surface area contributed by atoms with Gasteiger partial charge in [-0.25, -0.2) is 9.48 Å². The quantitative estimate of drug-likeness (QED) is 0.891. The molecular formula is C14H14BrN5O. The summed E-state index contributed by atoms with van der Waals surface area (Å²) in [4.78, 5) is 12.0. The lowest BCUT2D eigenvalue weighted by atomic mass is 10.2. The molecule has 2 aromatic rings. The molecule has 0 fully saturated rings. The maximum absolute atomic E-state index is 12.0. The van der Waals surface area contributed by atoms with E-state index in [1.54, 1.807) is 36.1 Å². The number of benzene rings is 1. The normalized spacial score (nSPS) is 11.5. The van der Waals surface area contributed by atoms with Gasteiger partial charge in [0.05, 0.1) is 23.9 Å². The Morgan fingerprint density at radius 3 is 3.05 bits per heavy atom. The molecule has 1 atom stereocenters. The number of rotatable bonds is 4. The number of nitrogens with one attached hydrogen (secondary N) is 2. The van der Waals surface area contributed by atoms with Gasteiger partial charge >= 0.3 is 6.03 Å². The van der Waals surface area contributed by atoms with Gasteiger partial charge in [0.2, 0.25) is 0 Å². The topological polar surface area (TPSA) is 82.7 Å². The van der Waals surface area contributed by atoms with Gasteiger partial charge in [0.25, 0.3) is 0 Å². The zero-order valence-corrected chi connectivity index (χ0v) is 13.0. The third-order valence-corrected chi connectivity index (χ3v) is 3.23. The summed E-state index contributed by atoms with van der Waals surface area (Å²) in [5.74, 6) is 0. The third kappa shape index (κ3) is 4.07. The molecule has 1 aromatic carbocycles. The molecule has 0 spiro atoms. The highest BCUT2D eigenvalue weighted by molar-refractivity contribution is 9.10. The Morgan fingerprint density at radius 1 is 1.57 bits per heavy atom. The molecule has 0 bridgehead atoms. The summed E-state index contributed by atoms with van der Waals surface area (Å²) in [7, 11) is 0. The second-order valence-electron chi connectivity index (χ2n) is 4.47. The lowest BCUT2D eigenvalue weighted by Crippen LogP contribution is -2.36. The predicted molar refractivity (Wildman–Crippen MR) is 83.1 cm³/mol. The van der Waals surface area contributed by atoms with Crippen molar-refractivity contribution in [2.24, 2.45) is 0 Å². The number of amides is 2. The molecule has 21 heavy (non-hydrogen) atoms. The Balaban J connectivity index is 2.18. The van der Waals surface area contributed by atoms with Crippen LogP contribution >= 0.6 is 15.9 Å². The van der Waals surface area contributed by atoms with E-state index in [0.29, 0.717) is 5.69 Å². The van der Waals surface area contributed by atoms with E-state index >= 15 is 0 Å². The van der Waals surface area contributed by atoms with Gasteiger partial charge in [-0.05, 0) is 31.2 Å². The molecule has 2 N–H and O–H groups in total. The van der Waals surface area contributed by atoms with Crippen molar-refractivity contribution in [2.45, 2.75) is 19.4 Å². The highest BCUT2D eigenvalue weighted by Gasteiger charge is 2.11. The number of nitriles is 1. The first-order valence-electron chi connectivity index (χ1n) is 6.34. The van der Waals surface area contributed by atoms with Crippen LogP contribution in [0.3, 0.4) is 0 Å². The summed E-state index contributed by atoms with van der Waals surface area (Å²) in [5.41, 5.74) is 1.38. The second kappa shape index (κ2) is 6.90. The zero-order valence-electron chi connectivity index (χ0n) is 11.4. The summed E-state index contributed by atoms with van der Waals surface area (Å²) in [6.07, 6.45) is 3.73. The molecule has 0 aliphatic carbocycles. The Morgan fingerprint density at radius 2 is 2.38 bits per heavy atom. The van der Waals surface area contributed by atoms with Gasteiger partial charge in [-0.3, -0.25) is 0 Å². The first kappa shape index (κ1) is 15.1. The van der Waals surface area contributed by atoms with Crippen LogP contribution in [0.2, 0.25) is 0 Å². The largest absolute Gasteiger partial charge is 0.334 e. The number of anilines is 1. The second-order valence-corrected chi connectivity index (χ2v) is 5.39. The molecule has 0 aliphatic rings. The number of carbonyl (C=O) groups excluding carboxylic acids is 1. The fraction of sp³-hybridized carbons (Fsp3) is 0.214. The van der Waals surface area contributed by atoms with Gasteiger partial charge < -0.3 is 10.6 Å². The van der Waals surface area contributed by atoms with Crippen molar-refractivity contribution in [1.29, 1.82) is 5.26 Å². The van der Waals surface area contributed by atoms with E-state index in [2.05, 4.69) is 31.7 Å². The van der Waals surface area contributed by atoms with E-state index in [4.69, 9.17) is 5.26 Å². The van der Waals surface area contributed by atoms with Crippen molar-refractivity contribution < 1.29 is 4.79 Å². The molecular weight excluding hydrogens is 334 g/mol. The molecule has 6 nitrogen and oxygen atoms in total. The number of carbonyl (C=O) groups is 1. The van der Waals surface area contributed by atoms with Gasteiger partial charge in [0, 0.05) is 22.9 Å². The number of aromatic nitrogens is 2. The van der Waals surface area contributed by atoms with Crippen molar-refractivity contribution in [3.63, 3.8) is 0 Å².